The molecule has 0 radical (unpaired) electrons. The van der Waals surface area contributed by atoms with E-state index in [2.05, 4.69) is 10.1 Å². The molecule has 1 rings (SSSR count). The van der Waals surface area contributed by atoms with Gasteiger partial charge in [-0.05, 0) is 18.6 Å². The van der Waals surface area contributed by atoms with Gasteiger partial charge in [-0.25, -0.2) is 4.79 Å². The van der Waals surface area contributed by atoms with Crippen LogP contribution in [0, 0.1) is 0 Å². The van der Waals surface area contributed by atoms with E-state index >= 15 is 0 Å². The van der Waals surface area contributed by atoms with Crippen LogP contribution in [0.5, 0.6) is 11.5 Å². The SMILES string of the molecule is COC(=O)CCCNC(=O)COC(=O)c1cccc(OC)c1OC. The average Bonchev–Trinajstić information content (AvgIpc) is 2.61. The van der Waals surface area contributed by atoms with E-state index in [1.54, 1.807) is 12.1 Å². The summed E-state index contributed by atoms with van der Waals surface area (Å²) in [5, 5.41) is 2.54. The highest BCUT2D eigenvalue weighted by Crippen LogP contribution is 2.30. The Morgan fingerprint density at radius 2 is 1.83 bits per heavy atom. The number of amides is 1. The van der Waals surface area contributed by atoms with Crippen molar-refractivity contribution in [3.63, 3.8) is 0 Å². The molecule has 0 saturated carbocycles. The van der Waals surface area contributed by atoms with Crippen LogP contribution in [0.1, 0.15) is 23.2 Å². The zero-order chi connectivity index (χ0) is 17.9. The van der Waals surface area contributed by atoms with Gasteiger partial charge >= 0.3 is 11.9 Å². The maximum absolute atomic E-state index is 12.1. The minimum atomic E-state index is -0.699. The Labute approximate surface area is 140 Å². The largest absolute Gasteiger partial charge is 0.493 e. The average molecular weight is 339 g/mol. The fourth-order valence-corrected chi connectivity index (χ4v) is 1.87. The number of para-hydroxylation sites is 1. The third-order valence-electron chi connectivity index (χ3n) is 3.06. The Morgan fingerprint density at radius 3 is 2.46 bits per heavy atom. The predicted octanol–water partition coefficient (Wildman–Crippen LogP) is 0.930. The van der Waals surface area contributed by atoms with Gasteiger partial charge in [-0.1, -0.05) is 6.07 Å². The smallest absolute Gasteiger partial charge is 0.342 e. The highest BCUT2D eigenvalue weighted by atomic mass is 16.5. The number of carbonyl (C=O) groups is 3. The minimum Gasteiger partial charge on any atom is -0.493 e. The maximum atomic E-state index is 12.1. The Bertz CT molecular complexity index is 586. The highest BCUT2D eigenvalue weighted by Gasteiger charge is 2.18. The van der Waals surface area contributed by atoms with E-state index in [-0.39, 0.29) is 30.2 Å². The second kappa shape index (κ2) is 10.1. The third kappa shape index (κ3) is 5.79. The summed E-state index contributed by atoms with van der Waals surface area (Å²) in [5.41, 5.74) is 0.162. The fourth-order valence-electron chi connectivity index (χ4n) is 1.87. The van der Waals surface area contributed by atoms with Crippen molar-refractivity contribution in [2.75, 3.05) is 34.5 Å². The van der Waals surface area contributed by atoms with Crippen LogP contribution in [0.25, 0.3) is 0 Å². The number of hydrogen-bond donors (Lipinski definition) is 1. The Balaban J connectivity index is 2.46. The third-order valence-corrected chi connectivity index (χ3v) is 3.06. The van der Waals surface area contributed by atoms with Crippen molar-refractivity contribution in [2.24, 2.45) is 0 Å². The summed E-state index contributed by atoms with van der Waals surface area (Å²) < 4.78 is 19.7. The lowest BCUT2D eigenvalue weighted by Gasteiger charge is -2.12. The van der Waals surface area contributed by atoms with Gasteiger partial charge in [0.2, 0.25) is 0 Å². The molecule has 0 unspecified atom stereocenters. The molecule has 0 aliphatic carbocycles. The molecule has 1 aromatic rings. The first kappa shape index (κ1) is 19.3. The predicted molar refractivity (Wildman–Crippen MR) is 84.1 cm³/mol. The molecule has 0 spiro atoms. The fraction of sp³-hybridized carbons (Fsp3) is 0.438. The van der Waals surface area contributed by atoms with Crippen molar-refractivity contribution >= 4 is 17.8 Å². The molecular formula is C16H21NO7. The first-order chi connectivity index (χ1) is 11.5. The molecule has 0 bridgehead atoms. The molecule has 8 heteroatoms. The molecule has 0 saturated heterocycles. The summed E-state index contributed by atoms with van der Waals surface area (Å²) >= 11 is 0. The van der Waals surface area contributed by atoms with E-state index in [1.165, 1.54) is 27.4 Å². The normalized spacial score (nSPS) is 9.79. The summed E-state index contributed by atoms with van der Waals surface area (Å²) in [6.07, 6.45) is 0.646. The standard InChI is InChI=1S/C16H21NO7/c1-21-12-7-4-6-11(15(12)23-3)16(20)24-10-13(18)17-9-5-8-14(19)22-2/h4,6-7H,5,8-10H2,1-3H3,(H,17,18). The second-order valence-electron chi connectivity index (χ2n) is 4.65. The van der Waals surface area contributed by atoms with Gasteiger partial charge in [-0.15, -0.1) is 0 Å². The zero-order valence-corrected chi connectivity index (χ0v) is 13.9. The zero-order valence-electron chi connectivity index (χ0n) is 13.9. The van der Waals surface area contributed by atoms with E-state index in [4.69, 9.17) is 14.2 Å². The Morgan fingerprint density at radius 1 is 1.08 bits per heavy atom. The summed E-state index contributed by atoms with van der Waals surface area (Å²) in [6.45, 7) is -0.147. The topological polar surface area (TPSA) is 100 Å². The lowest BCUT2D eigenvalue weighted by atomic mass is 10.2. The van der Waals surface area contributed by atoms with Gasteiger partial charge in [0.25, 0.3) is 5.91 Å². The van der Waals surface area contributed by atoms with Gasteiger partial charge in [0.15, 0.2) is 18.1 Å². The molecule has 0 atom stereocenters. The lowest BCUT2D eigenvalue weighted by Crippen LogP contribution is -2.30. The van der Waals surface area contributed by atoms with E-state index in [0.29, 0.717) is 12.2 Å². The molecule has 132 valence electrons. The number of ether oxygens (including phenoxy) is 4. The summed E-state index contributed by atoms with van der Waals surface area (Å²) in [7, 11) is 4.16. The molecule has 8 nitrogen and oxygen atoms in total. The molecule has 24 heavy (non-hydrogen) atoms. The van der Waals surface area contributed by atoms with Crippen molar-refractivity contribution in [2.45, 2.75) is 12.8 Å². The van der Waals surface area contributed by atoms with E-state index < -0.39 is 18.5 Å². The quantitative estimate of drug-likeness (QED) is 0.527. The number of rotatable bonds is 9. The first-order valence-corrected chi connectivity index (χ1v) is 7.25. The molecule has 0 fully saturated rings. The molecule has 0 heterocycles. The van der Waals surface area contributed by atoms with E-state index in [1.807, 2.05) is 0 Å². The van der Waals surface area contributed by atoms with Crippen LogP contribution in [0.4, 0.5) is 0 Å². The first-order valence-electron chi connectivity index (χ1n) is 7.25. The molecule has 1 aromatic carbocycles. The van der Waals surface area contributed by atoms with Gasteiger partial charge < -0.3 is 24.3 Å². The second-order valence-corrected chi connectivity index (χ2v) is 4.65. The van der Waals surface area contributed by atoms with E-state index in [0.717, 1.165) is 0 Å². The molecule has 0 aromatic heterocycles. The van der Waals surface area contributed by atoms with Gasteiger partial charge in [0.05, 0.1) is 21.3 Å². The van der Waals surface area contributed by atoms with Crippen LogP contribution in [0.15, 0.2) is 18.2 Å². The molecule has 0 aliphatic heterocycles. The molecular weight excluding hydrogens is 318 g/mol. The van der Waals surface area contributed by atoms with Gasteiger partial charge in [0, 0.05) is 13.0 Å². The van der Waals surface area contributed by atoms with Gasteiger partial charge in [-0.3, -0.25) is 9.59 Å². The number of benzene rings is 1. The number of carbonyl (C=O) groups excluding carboxylic acids is 3. The minimum absolute atomic E-state index is 0.162. The van der Waals surface area contributed by atoms with Crippen molar-refractivity contribution in [3.8, 4) is 11.5 Å². The van der Waals surface area contributed by atoms with Gasteiger partial charge in [0.1, 0.15) is 5.56 Å². The molecule has 0 aliphatic rings. The Hall–Kier alpha value is -2.77. The van der Waals surface area contributed by atoms with Crippen molar-refractivity contribution < 1.29 is 33.3 Å². The van der Waals surface area contributed by atoms with Crippen LogP contribution in [-0.2, 0) is 19.1 Å². The van der Waals surface area contributed by atoms with Crippen molar-refractivity contribution in [1.82, 2.24) is 5.32 Å². The number of esters is 2. The Kier molecular flexibility index (Phi) is 8.10. The van der Waals surface area contributed by atoms with Crippen LogP contribution in [-0.4, -0.2) is 52.3 Å². The highest BCUT2D eigenvalue weighted by molar-refractivity contribution is 5.94. The lowest BCUT2D eigenvalue weighted by molar-refractivity contribution is -0.140. The van der Waals surface area contributed by atoms with Crippen LogP contribution < -0.4 is 14.8 Å². The molecule has 1 N–H and O–H groups in total. The summed E-state index contributed by atoms with van der Waals surface area (Å²) in [6, 6.07) is 4.77. The van der Waals surface area contributed by atoms with Crippen LogP contribution in [0.3, 0.4) is 0 Å². The van der Waals surface area contributed by atoms with Crippen LogP contribution in [0.2, 0.25) is 0 Å². The number of nitrogens with one attached hydrogen (secondary N) is 1. The number of hydrogen-bond acceptors (Lipinski definition) is 7. The van der Waals surface area contributed by atoms with Crippen molar-refractivity contribution in [3.05, 3.63) is 23.8 Å². The number of methoxy groups -OCH3 is 3. The van der Waals surface area contributed by atoms with Crippen LogP contribution >= 0.6 is 0 Å². The van der Waals surface area contributed by atoms with Gasteiger partial charge in [-0.2, -0.15) is 0 Å². The summed E-state index contributed by atoms with van der Waals surface area (Å²) in [4.78, 5) is 34.6. The maximum Gasteiger partial charge on any atom is 0.342 e. The summed E-state index contributed by atoms with van der Waals surface area (Å²) in [5.74, 6) is -0.881. The van der Waals surface area contributed by atoms with Crippen molar-refractivity contribution in [1.29, 1.82) is 0 Å². The molecule has 1 amide bonds. The monoisotopic (exact) mass is 339 g/mol. The van der Waals surface area contributed by atoms with E-state index in [9.17, 15) is 14.4 Å².